The second-order valence-corrected chi connectivity index (χ2v) is 5.56. The molecule has 1 aromatic rings. The van der Waals surface area contributed by atoms with Gasteiger partial charge in [-0.25, -0.2) is 8.78 Å². The minimum atomic E-state index is -2.23. The zero-order valence-electron chi connectivity index (χ0n) is 10.6. The quantitative estimate of drug-likeness (QED) is 0.773. The first-order valence-corrected chi connectivity index (χ1v) is 6.05. The van der Waals surface area contributed by atoms with Gasteiger partial charge in [-0.3, -0.25) is 0 Å². The van der Waals surface area contributed by atoms with Gasteiger partial charge >= 0.3 is 0 Å². The van der Waals surface area contributed by atoms with Crippen molar-refractivity contribution in [2.75, 3.05) is 18.0 Å². The lowest BCUT2D eigenvalue weighted by molar-refractivity contribution is -0.0121. The molecule has 94 valence electrons. The number of anilines is 1. The summed E-state index contributed by atoms with van der Waals surface area (Å²) in [6.45, 7) is 6.84. The van der Waals surface area contributed by atoms with E-state index in [0.29, 0.717) is 19.0 Å². The highest BCUT2D eigenvalue weighted by molar-refractivity contribution is 5.51. The van der Waals surface area contributed by atoms with Crippen LogP contribution in [0.4, 0.5) is 14.5 Å². The Labute approximate surface area is 101 Å². The molecular weight excluding hydrogens is 220 g/mol. The molecule has 0 aliphatic carbocycles. The van der Waals surface area contributed by atoms with Crippen molar-refractivity contribution in [2.45, 2.75) is 33.1 Å². The van der Waals surface area contributed by atoms with Gasteiger partial charge in [0.2, 0.25) is 6.43 Å². The SMILES string of the molecule is CC(C)c1ccc(N2CC(C)(C(F)F)C2)cc1. The van der Waals surface area contributed by atoms with Crippen molar-refractivity contribution in [2.24, 2.45) is 5.41 Å². The van der Waals surface area contributed by atoms with Gasteiger partial charge in [0.1, 0.15) is 0 Å². The van der Waals surface area contributed by atoms with Crippen LogP contribution in [-0.4, -0.2) is 19.5 Å². The molecule has 3 heteroatoms. The Morgan fingerprint density at radius 3 is 2.06 bits per heavy atom. The molecule has 0 radical (unpaired) electrons. The summed E-state index contributed by atoms with van der Waals surface area (Å²) in [6, 6.07) is 8.22. The lowest BCUT2D eigenvalue weighted by Gasteiger charge is -2.48. The van der Waals surface area contributed by atoms with Crippen LogP contribution >= 0.6 is 0 Å². The van der Waals surface area contributed by atoms with Gasteiger partial charge in [-0.05, 0) is 23.6 Å². The fraction of sp³-hybridized carbons (Fsp3) is 0.571. The summed E-state index contributed by atoms with van der Waals surface area (Å²) in [5, 5.41) is 0. The maximum atomic E-state index is 12.7. The van der Waals surface area contributed by atoms with Gasteiger partial charge in [0.05, 0.1) is 5.41 Å². The fourth-order valence-electron chi connectivity index (χ4n) is 2.22. The summed E-state index contributed by atoms with van der Waals surface area (Å²) in [6.07, 6.45) is -2.23. The fourth-order valence-corrected chi connectivity index (χ4v) is 2.22. The van der Waals surface area contributed by atoms with Gasteiger partial charge in [0, 0.05) is 18.8 Å². The molecule has 1 aliphatic heterocycles. The molecule has 1 nitrogen and oxygen atoms in total. The van der Waals surface area contributed by atoms with Crippen molar-refractivity contribution < 1.29 is 8.78 Å². The van der Waals surface area contributed by atoms with Crippen molar-refractivity contribution >= 4 is 5.69 Å². The van der Waals surface area contributed by atoms with Gasteiger partial charge < -0.3 is 4.90 Å². The third kappa shape index (κ3) is 2.28. The summed E-state index contributed by atoms with van der Waals surface area (Å²) in [4.78, 5) is 2.01. The van der Waals surface area contributed by atoms with Crippen LogP contribution in [0.3, 0.4) is 0 Å². The van der Waals surface area contributed by atoms with Crippen molar-refractivity contribution in [3.8, 4) is 0 Å². The Morgan fingerprint density at radius 2 is 1.65 bits per heavy atom. The molecule has 0 spiro atoms. The minimum absolute atomic E-state index is 0.450. The van der Waals surface area contributed by atoms with E-state index in [2.05, 4.69) is 26.0 Å². The highest BCUT2D eigenvalue weighted by atomic mass is 19.3. The minimum Gasteiger partial charge on any atom is -0.370 e. The molecule has 1 aliphatic rings. The summed E-state index contributed by atoms with van der Waals surface area (Å²) < 4.78 is 25.4. The molecule has 17 heavy (non-hydrogen) atoms. The zero-order valence-corrected chi connectivity index (χ0v) is 10.6. The molecule has 0 aromatic heterocycles. The Hall–Kier alpha value is -1.12. The summed E-state index contributed by atoms with van der Waals surface area (Å²) in [7, 11) is 0. The maximum Gasteiger partial charge on any atom is 0.247 e. The van der Waals surface area contributed by atoms with Crippen molar-refractivity contribution in [1.29, 1.82) is 0 Å². The molecule has 0 bridgehead atoms. The summed E-state index contributed by atoms with van der Waals surface area (Å²) in [5.74, 6) is 0.506. The highest BCUT2D eigenvalue weighted by Crippen LogP contribution is 2.39. The second kappa shape index (κ2) is 4.28. The monoisotopic (exact) mass is 239 g/mol. The molecule has 1 heterocycles. The van der Waals surface area contributed by atoms with Gasteiger partial charge in [-0.15, -0.1) is 0 Å². The third-order valence-electron chi connectivity index (χ3n) is 3.56. The maximum absolute atomic E-state index is 12.7. The first-order chi connectivity index (χ1) is 7.92. The van der Waals surface area contributed by atoms with Crippen LogP contribution in [0.2, 0.25) is 0 Å². The van der Waals surface area contributed by atoms with Crippen LogP contribution in [0.5, 0.6) is 0 Å². The third-order valence-corrected chi connectivity index (χ3v) is 3.56. The van der Waals surface area contributed by atoms with E-state index in [1.165, 1.54) is 5.56 Å². The van der Waals surface area contributed by atoms with Crippen LogP contribution in [0.15, 0.2) is 24.3 Å². The van der Waals surface area contributed by atoms with Crippen LogP contribution in [0, 0.1) is 5.41 Å². The summed E-state index contributed by atoms with van der Waals surface area (Å²) >= 11 is 0. The molecule has 0 amide bonds. The van der Waals surface area contributed by atoms with E-state index >= 15 is 0 Å². The Balaban J connectivity index is 2.02. The topological polar surface area (TPSA) is 3.24 Å². The van der Waals surface area contributed by atoms with Crippen LogP contribution in [0.25, 0.3) is 0 Å². The molecule has 2 rings (SSSR count). The first-order valence-electron chi connectivity index (χ1n) is 6.05. The lowest BCUT2D eigenvalue weighted by atomic mass is 9.82. The summed E-state index contributed by atoms with van der Waals surface area (Å²) in [5.41, 5.74) is 1.51. The van der Waals surface area contributed by atoms with Crippen molar-refractivity contribution in [1.82, 2.24) is 0 Å². The molecule has 1 aromatic carbocycles. The number of nitrogens with zero attached hydrogens (tertiary/aromatic N) is 1. The molecule has 0 unspecified atom stereocenters. The average molecular weight is 239 g/mol. The molecule has 1 saturated heterocycles. The van der Waals surface area contributed by atoms with E-state index in [-0.39, 0.29) is 0 Å². The van der Waals surface area contributed by atoms with E-state index in [1.807, 2.05) is 17.0 Å². The number of alkyl halides is 2. The number of hydrogen-bond donors (Lipinski definition) is 0. The zero-order chi connectivity index (χ0) is 12.6. The Bertz CT molecular complexity index is 378. The Morgan fingerprint density at radius 1 is 1.12 bits per heavy atom. The predicted molar refractivity (Wildman–Crippen MR) is 66.9 cm³/mol. The van der Waals surface area contributed by atoms with E-state index < -0.39 is 11.8 Å². The van der Waals surface area contributed by atoms with Gasteiger partial charge in [0.15, 0.2) is 0 Å². The standard InChI is InChI=1S/C14H19F2N/c1-10(2)11-4-6-12(7-5-11)17-8-14(3,9-17)13(15)16/h4-7,10,13H,8-9H2,1-3H3. The number of rotatable bonds is 3. The van der Waals surface area contributed by atoms with Crippen LogP contribution in [-0.2, 0) is 0 Å². The van der Waals surface area contributed by atoms with Crippen molar-refractivity contribution in [3.05, 3.63) is 29.8 Å². The molecule has 0 saturated carbocycles. The first kappa shape index (κ1) is 12.3. The largest absolute Gasteiger partial charge is 0.370 e. The highest BCUT2D eigenvalue weighted by Gasteiger charge is 2.46. The molecule has 0 N–H and O–H groups in total. The molecular formula is C14H19F2N. The lowest BCUT2D eigenvalue weighted by Crippen LogP contribution is -2.58. The normalized spacial score (nSPS) is 18.6. The van der Waals surface area contributed by atoms with Crippen molar-refractivity contribution in [3.63, 3.8) is 0 Å². The van der Waals surface area contributed by atoms with E-state index in [1.54, 1.807) is 6.92 Å². The molecule has 1 fully saturated rings. The smallest absolute Gasteiger partial charge is 0.247 e. The predicted octanol–water partition coefficient (Wildman–Crippen LogP) is 3.90. The van der Waals surface area contributed by atoms with Crippen LogP contribution in [0.1, 0.15) is 32.3 Å². The van der Waals surface area contributed by atoms with E-state index in [4.69, 9.17) is 0 Å². The number of benzene rings is 1. The Kier molecular flexibility index (Phi) is 3.11. The van der Waals surface area contributed by atoms with E-state index in [9.17, 15) is 8.78 Å². The van der Waals surface area contributed by atoms with E-state index in [0.717, 1.165) is 5.69 Å². The molecule has 0 atom stereocenters. The number of halogens is 2. The second-order valence-electron chi connectivity index (χ2n) is 5.56. The van der Waals surface area contributed by atoms with Gasteiger partial charge in [-0.2, -0.15) is 0 Å². The average Bonchev–Trinajstić information content (AvgIpc) is 2.24. The van der Waals surface area contributed by atoms with Gasteiger partial charge in [0.25, 0.3) is 0 Å². The van der Waals surface area contributed by atoms with Crippen LogP contribution < -0.4 is 4.90 Å². The number of hydrogen-bond acceptors (Lipinski definition) is 1. The van der Waals surface area contributed by atoms with Gasteiger partial charge in [-0.1, -0.05) is 32.9 Å².